The monoisotopic (exact) mass is 806 g/mol. The fourth-order valence-electron chi connectivity index (χ4n) is 10.7. The van der Waals surface area contributed by atoms with Crippen molar-refractivity contribution in [3.8, 4) is 44.5 Å². The predicted octanol–water partition coefficient (Wildman–Crippen LogP) is 14.5. The van der Waals surface area contributed by atoms with Gasteiger partial charge in [-0.2, -0.15) is 0 Å². The standard InChI is InChI=1S/C60H47BN2/c1-6-16-42(17-7-1)47-26-32-52(33-27-47)62-56-36-30-49(44-20-10-3-11-21-44)38-54(56)61-55-39-50(45-22-12-4-13-23-45)31-37-57(55)63(53-34-28-48(29-35-53)43-18-8-2-9-19-43)59-41-51(40-58(62)60(59)61)46-24-14-5-15-25-46/h1-4,6-13,16-23,26-41,46H,5,14-15,24-25H2. The van der Waals surface area contributed by atoms with Gasteiger partial charge >= 0.3 is 0 Å². The van der Waals surface area contributed by atoms with Gasteiger partial charge in [-0.25, -0.2) is 0 Å². The van der Waals surface area contributed by atoms with Crippen molar-refractivity contribution < 1.29 is 0 Å². The summed E-state index contributed by atoms with van der Waals surface area (Å²) in [5, 5.41) is 0. The summed E-state index contributed by atoms with van der Waals surface area (Å²) in [6.45, 7) is 0.00687. The smallest absolute Gasteiger partial charge is 0.252 e. The van der Waals surface area contributed by atoms with Gasteiger partial charge in [0.1, 0.15) is 0 Å². The van der Waals surface area contributed by atoms with Gasteiger partial charge in [0.25, 0.3) is 6.71 Å². The lowest BCUT2D eigenvalue weighted by Crippen LogP contribution is -2.61. The van der Waals surface area contributed by atoms with Crippen LogP contribution >= 0.6 is 0 Å². The van der Waals surface area contributed by atoms with Crippen molar-refractivity contribution in [3.05, 3.63) is 224 Å². The van der Waals surface area contributed by atoms with E-state index in [0.29, 0.717) is 5.92 Å². The van der Waals surface area contributed by atoms with Gasteiger partial charge in [0, 0.05) is 34.1 Å². The maximum atomic E-state index is 2.59. The van der Waals surface area contributed by atoms with Gasteiger partial charge in [-0.3, -0.25) is 0 Å². The second-order valence-electron chi connectivity index (χ2n) is 17.5. The van der Waals surface area contributed by atoms with Crippen LogP contribution in [-0.4, -0.2) is 6.71 Å². The molecule has 0 unspecified atom stereocenters. The first-order valence-electron chi connectivity index (χ1n) is 22.7. The topological polar surface area (TPSA) is 6.48 Å². The normalized spacial score (nSPS) is 14.2. The van der Waals surface area contributed by atoms with E-state index < -0.39 is 0 Å². The molecule has 0 atom stereocenters. The van der Waals surface area contributed by atoms with E-state index >= 15 is 0 Å². The summed E-state index contributed by atoms with van der Waals surface area (Å²) in [6.07, 6.45) is 6.35. The van der Waals surface area contributed by atoms with E-state index in [1.54, 1.807) is 0 Å². The lowest BCUT2D eigenvalue weighted by molar-refractivity contribution is 0.444. The third-order valence-corrected chi connectivity index (χ3v) is 13.8. The van der Waals surface area contributed by atoms with Crippen LogP contribution in [0.2, 0.25) is 0 Å². The summed E-state index contributed by atoms with van der Waals surface area (Å²) >= 11 is 0. The molecule has 0 amide bonds. The van der Waals surface area contributed by atoms with E-state index in [2.05, 4.69) is 228 Å². The molecule has 2 nitrogen and oxygen atoms in total. The molecule has 0 N–H and O–H groups in total. The van der Waals surface area contributed by atoms with E-state index in [9.17, 15) is 0 Å². The summed E-state index contributed by atoms with van der Waals surface area (Å²) in [4.78, 5) is 5.17. The third-order valence-electron chi connectivity index (χ3n) is 13.8. The van der Waals surface area contributed by atoms with Gasteiger partial charge in [0.05, 0.1) is 0 Å². The molecule has 300 valence electrons. The van der Waals surface area contributed by atoms with Gasteiger partial charge in [-0.15, -0.1) is 0 Å². The van der Waals surface area contributed by atoms with Crippen LogP contribution in [0, 0.1) is 0 Å². The molecular weight excluding hydrogens is 759 g/mol. The van der Waals surface area contributed by atoms with Crippen LogP contribution in [0.15, 0.2) is 218 Å². The van der Waals surface area contributed by atoms with Crippen LogP contribution in [0.4, 0.5) is 34.1 Å². The molecule has 3 aliphatic rings. The molecule has 9 aromatic rings. The Labute approximate surface area is 371 Å². The van der Waals surface area contributed by atoms with E-state index in [4.69, 9.17) is 0 Å². The number of hydrogen-bond donors (Lipinski definition) is 0. The third kappa shape index (κ3) is 6.67. The summed E-state index contributed by atoms with van der Waals surface area (Å²) < 4.78 is 0. The summed E-state index contributed by atoms with van der Waals surface area (Å²) in [7, 11) is 0. The molecule has 9 aromatic carbocycles. The van der Waals surface area contributed by atoms with E-state index in [0.717, 1.165) is 0 Å². The van der Waals surface area contributed by atoms with Crippen LogP contribution in [-0.2, 0) is 0 Å². The Hall–Kier alpha value is -7.36. The van der Waals surface area contributed by atoms with Crippen LogP contribution in [0.25, 0.3) is 44.5 Å². The molecule has 12 rings (SSSR count). The zero-order chi connectivity index (χ0) is 41.7. The molecule has 2 heterocycles. The minimum absolute atomic E-state index is 0.00687. The molecule has 0 spiro atoms. The molecule has 1 saturated carbocycles. The van der Waals surface area contributed by atoms with Gasteiger partial charge in [0.15, 0.2) is 0 Å². The van der Waals surface area contributed by atoms with E-state index in [1.807, 2.05) is 0 Å². The van der Waals surface area contributed by atoms with Gasteiger partial charge < -0.3 is 9.80 Å². The molecule has 1 aliphatic carbocycles. The van der Waals surface area contributed by atoms with Crippen molar-refractivity contribution in [1.82, 2.24) is 0 Å². The second kappa shape index (κ2) is 15.8. The number of nitrogens with zero attached hydrogens (tertiary/aromatic N) is 2. The van der Waals surface area contributed by atoms with Crippen molar-refractivity contribution in [1.29, 1.82) is 0 Å². The van der Waals surface area contributed by atoms with Crippen molar-refractivity contribution >= 4 is 57.2 Å². The molecule has 0 radical (unpaired) electrons. The van der Waals surface area contributed by atoms with E-state index in [1.165, 1.54) is 133 Å². The Morgan fingerprint density at radius 1 is 0.317 bits per heavy atom. The molecule has 0 bridgehead atoms. The minimum Gasteiger partial charge on any atom is -0.311 e. The quantitative estimate of drug-likeness (QED) is 0.148. The highest BCUT2D eigenvalue weighted by Crippen LogP contribution is 2.48. The number of anilines is 6. The SMILES string of the molecule is c1ccc(-c2ccc(N3c4ccc(-c5ccccc5)cc4B4c5cc(-c6ccccc6)ccc5N(c5ccc(-c6ccccc6)cc5)c5cc(C6CCCCC6)cc3c54)cc2)cc1. The molecular formula is C60H47BN2. The molecule has 2 aliphatic heterocycles. The summed E-state index contributed by atoms with van der Waals surface area (Å²) in [5.74, 6) is 0.520. The van der Waals surface area contributed by atoms with E-state index in [-0.39, 0.29) is 6.71 Å². The van der Waals surface area contributed by atoms with Gasteiger partial charge in [-0.1, -0.05) is 189 Å². The van der Waals surface area contributed by atoms with Crippen molar-refractivity contribution in [2.45, 2.75) is 38.0 Å². The van der Waals surface area contributed by atoms with Crippen molar-refractivity contribution in [2.24, 2.45) is 0 Å². The Balaban J connectivity index is 1.14. The highest BCUT2D eigenvalue weighted by atomic mass is 15.2. The average molecular weight is 807 g/mol. The Kier molecular flexibility index (Phi) is 9.40. The largest absolute Gasteiger partial charge is 0.311 e. The molecule has 0 aromatic heterocycles. The number of rotatable bonds is 7. The summed E-state index contributed by atoms with van der Waals surface area (Å²) in [5.41, 5.74) is 22.7. The molecule has 0 saturated heterocycles. The molecule has 63 heavy (non-hydrogen) atoms. The van der Waals surface area contributed by atoms with Gasteiger partial charge in [0.2, 0.25) is 0 Å². The first-order chi connectivity index (χ1) is 31.2. The minimum atomic E-state index is 0.00687. The molecule has 3 heteroatoms. The number of benzene rings is 9. The highest BCUT2D eigenvalue weighted by Gasteiger charge is 2.44. The van der Waals surface area contributed by atoms with Crippen molar-refractivity contribution in [3.63, 3.8) is 0 Å². The lowest BCUT2D eigenvalue weighted by atomic mass is 9.33. The molecule has 1 fully saturated rings. The number of fused-ring (bicyclic) bond motifs is 4. The van der Waals surface area contributed by atoms with Crippen LogP contribution in [0.1, 0.15) is 43.6 Å². The van der Waals surface area contributed by atoms with Crippen molar-refractivity contribution in [2.75, 3.05) is 9.80 Å². The predicted molar refractivity (Wildman–Crippen MR) is 268 cm³/mol. The van der Waals surface area contributed by atoms with Gasteiger partial charge in [-0.05, 0) is 134 Å². The maximum Gasteiger partial charge on any atom is 0.252 e. The fraction of sp³-hybridized carbons (Fsp3) is 0.100. The van der Waals surface area contributed by atoms with Crippen LogP contribution in [0.5, 0.6) is 0 Å². The highest BCUT2D eigenvalue weighted by molar-refractivity contribution is 7.00. The lowest BCUT2D eigenvalue weighted by Gasteiger charge is -2.45. The Morgan fingerprint density at radius 3 is 1.06 bits per heavy atom. The van der Waals surface area contributed by atoms with Crippen LogP contribution in [0.3, 0.4) is 0 Å². The Morgan fingerprint density at radius 2 is 0.667 bits per heavy atom. The summed E-state index contributed by atoms with van der Waals surface area (Å²) in [6, 6.07) is 81.4. The average Bonchev–Trinajstić information content (AvgIpc) is 3.37. The number of hydrogen-bond acceptors (Lipinski definition) is 2. The zero-order valence-corrected chi connectivity index (χ0v) is 35.4. The Bertz CT molecular complexity index is 2870. The first-order valence-corrected chi connectivity index (χ1v) is 22.7. The fourth-order valence-corrected chi connectivity index (χ4v) is 10.7. The van der Waals surface area contributed by atoms with Crippen LogP contribution < -0.4 is 26.2 Å². The zero-order valence-electron chi connectivity index (χ0n) is 35.4. The first kappa shape index (κ1) is 37.4. The maximum absolute atomic E-state index is 2.59. The second-order valence-corrected chi connectivity index (χ2v) is 17.5.